The van der Waals surface area contributed by atoms with E-state index in [0.717, 1.165) is 17.5 Å². The van der Waals surface area contributed by atoms with Gasteiger partial charge in [0.2, 0.25) is 5.95 Å². The fourth-order valence-corrected chi connectivity index (χ4v) is 3.17. The van der Waals surface area contributed by atoms with E-state index in [1.165, 1.54) is 12.1 Å². The normalized spacial score (nSPS) is 10.8. The molecule has 0 aliphatic carbocycles. The molecule has 0 aliphatic rings. The van der Waals surface area contributed by atoms with E-state index >= 15 is 0 Å². The molecule has 3 aromatic rings. The second kappa shape index (κ2) is 7.18. The van der Waals surface area contributed by atoms with Crippen molar-refractivity contribution in [2.45, 2.75) is 19.9 Å². The molecule has 1 heterocycles. The average molecular weight is 450 g/mol. The molecule has 2 aromatic carbocycles. The lowest BCUT2D eigenvalue weighted by atomic mass is 10.2. The maximum absolute atomic E-state index is 12.7. The van der Waals surface area contributed by atoms with Gasteiger partial charge in [0, 0.05) is 22.2 Å². The highest BCUT2D eigenvalue weighted by Crippen LogP contribution is 2.23. The molecule has 0 saturated carbocycles. The third-order valence-electron chi connectivity index (χ3n) is 3.73. The van der Waals surface area contributed by atoms with Crippen LogP contribution >= 0.6 is 22.6 Å². The van der Waals surface area contributed by atoms with Gasteiger partial charge in [-0.05, 0) is 47.2 Å². The fraction of sp³-hybridized carbons (Fsp3) is 0.176. The molecule has 0 unspecified atom stereocenters. The van der Waals surface area contributed by atoms with E-state index in [1.54, 1.807) is 6.07 Å². The van der Waals surface area contributed by atoms with Crippen LogP contribution in [-0.2, 0) is 6.54 Å². The van der Waals surface area contributed by atoms with Crippen molar-refractivity contribution < 1.29 is 9.72 Å². The number of anilines is 1. The number of non-ortho nitro benzene ring substituents is 1. The van der Waals surface area contributed by atoms with Crippen LogP contribution in [0.4, 0.5) is 11.6 Å². The van der Waals surface area contributed by atoms with Gasteiger partial charge in [0.25, 0.3) is 11.6 Å². The largest absolute Gasteiger partial charge is 0.310 e. The number of amides is 1. The number of benzene rings is 2. The molecule has 7 nitrogen and oxygen atoms in total. The monoisotopic (exact) mass is 450 g/mol. The number of aryl methyl sites for hydroxylation is 1. The highest BCUT2D eigenvalue weighted by atomic mass is 127. The minimum atomic E-state index is -0.515. The van der Waals surface area contributed by atoms with Crippen molar-refractivity contribution in [3.8, 4) is 0 Å². The Labute approximate surface area is 157 Å². The number of imidazole rings is 1. The van der Waals surface area contributed by atoms with Crippen LogP contribution in [0, 0.1) is 13.7 Å². The molecular formula is C17H15IN4O3. The number of rotatable bonds is 5. The standard InChI is InChI=1S/C17H15IN4O3/c1-2-9-21-15-6-4-3-5-14(15)19-17(21)20-16(23)12-10-11(22(24)25)7-8-13(12)18/h3-8,10H,2,9H2,1H3,(H,19,20,23). The smallest absolute Gasteiger partial charge is 0.270 e. The van der Waals surface area contributed by atoms with E-state index in [4.69, 9.17) is 0 Å². The topological polar surface area (TPSA) is 90.1 Å². The number of nitrogens with one attached hydrogen (secondary N) is 1. The van der Waals surface area contributed by atoms with E-state index in [1.807, 2.05) is 58.3 Å². The summed E-state index contributed by atoms with van der Waals surface area (Å²) in [7, 11) is 0. The van der Waals surface area contributed by atoms with Crippen molar-refractivity contribution >= 4 is 51.2 Å². The van der Waals surface area contributed by atoms with Gasteiger partial charge in [-0.3, -0.25) is 20.2 Å². The number of nitro groups is 1. The zero-order valence-electron chi connectivity index (χ0n) is 13.4. The lowest BCUT2D eigenvalue weighted by molar-refractivity contribution is -0.384. The number of halogens is 1. The molecular weight excluding hydrogens is 435 g/mol. The number of carbonyl (C=O) groups excluding carboxylic acids is 1. The average Bonchev–Trinajstić information content (AvgIpc) is 2.93. The number of hydrogen-bond acceptors (Lipinski definition) is 4. The number of carbonyl (C=O) groups is 1. The van der Waals surface area contributed by atoms with Crippen LogP contribution in [-0.4, -0.2) is 20.4 Å². The van der Waals surface area contributed by atoms with Crippen molar-refractivity contribution in [2.75, 3.05) is 5.32 Å². The second-order valence-electron chi connectivity index (χ2n) is 5.45. The first kappa shape index (κ1) is 17.3. The number of hydrogen-bond donors (Lipinski definition) is 1. The van der Waals surface area contributed by atoms with Gasteiger partial charge in [-0.2, -0.15) is 0 Å². The van der Waals surface area contributed by atoms with Crippen LogP contribution in [0.3, 0.4) is 0 Å². The van der Waals surface area contributed by atoms with E-state index in [0.29, 0.717) is 16.1 Å². The maximum Gasteiger partial charge on any atom is 0.270 e. The van der Waals surface area contributed by atoms with Crippen LogP contribution in [0.2, 0.25) is 0 Å². The van der Waals surface area contributed by atoms with E-state index < -0.39 is 10.8 Å². The van der Waals surface area contributed by atoms with Crippen molar-refractivity contribution in [3.05, 3.63) is 61.7 Å². The number of nitrogens with zero attached hydrogens (tertiary/aromatic N) is 3. The summed E-state index contributed by atoms with van der Waals surface area (Å²) >= 11 is 1.99. The van der Waals surface area contributed by atoms with Crippen molar-refractivity contribution in [1.29, 1.82) is 0 Å². The summed E-state index contributed by atoms with van der Waals surface area (Å²) in [6.45, 7) is 2.76. The quantitative estimate of drug-likeness (QED) is 0.358. The molecule has 0 atom stereocenters. The van der Waals surface area contributed by atoms with Crippen LogP contribution in [0.5, 0.6) is 0 Å². The minimum absolute atomic E-state index is 0.118. The molecule has 0 bridgehead atoms. The van der Waals surface area contributed by atoms with Gasteiger partial charge in [0.15, 0.2) is 0 Å². The minimum Gasteiger partial charge on any atom is -0.310 e. The first-order valence-electron chi connectivity index (χ1n) is 7.72. The Kier molecular flexibility index (Phi) is 4.98. The summed E-state index contributed by atoms with van der Waals surface area (Å²) in [5, 5.41) is 13.8. The summed E-state index contributed by atoms with van der Waals surface area (Å²) in [6, 6.07) is 11.9. The molecule has 1 aromatic heterocycles. The van der Waals surface area contributed by atoms with Gasteiger partial charge >= 0.3 is 0 Å². The summed E-state index contributed by atoms with van der Waals surface area (Å²) in [4.78, 5) is 27.6. The molecule has 0 saturated heterocycles. The predicted octanol–water partition coefficient (Wildman–Crippen LogP) is 4.21. The zero-order chi connectivity index (χ0) is 18.0. The maximum atomic E-state index is 12.7. The van der Waals surface area contributed by atoms with Crippen molar-refractivity contribution in [2.24, 2.45) is 0 Å². The predicted molar refractivity (Wildman–Crippen MR) is 104 cm³/mol. The third kappa shape index (κ3) is 3.48. The van der Waals surface area contributed by atoms with Crippen molar-refractivity contribution in [1.82, 2.24) is 9.55 Å². The summed E-state index contributed by atoms with van der Waals surface area (Å²) in [6.07, 6.45) is 0.886. The molecule has 0 spiro atoms. The lowest BCUT2D eigenvalue weighted by Gasteiger charge is -2.09. The van der Waals surface area contributed by atoms with E-state index in [-0.39, 0.29) is 11.3 Å². The van der Waals surface area contributed by atoms with Crippen LogP contribution in [0.1, 0.15) is 23.7 Å². The van der Waals surface area contributed by atoms with Gasteiger partial charge in [-0.15, -0.1) is 0 Å². The first-order valence-corrected chi connectivity index (χ1v) is 8.79. The Morgan fingerprint density at radius 1 is 1.32 bits per heavy atom. The van der Waals surface area contributed by atoms with Gasteiger partial charge in [-0.25, -0.2) is 4.98 Å². The summed E-state index contributed by atoms with van der Waals surface area (Å²) in [5.74, 6) is 0.0242. The third-order valence-corrected chi connectivity index (χ3v) is 4.67. The summed E-state index contributed by atoms with van der Waals surface area (Å²) in [5.41, 5.74) is 1.87. The number of aromatic nitrogens is 2. The molecule has 0 aliphatic heterocycles. The number of fused-ring (bicyclic) bond motifs is 1. The van der Waals surface area contributed by atoms with E-state index in [2.05, 4.69) is 10.3 Å². The van der Waals surface area contributed by atoms with Gasteiger partial charge in [0.1, 0.15) is 0 Å². The Morgan fingerprint density at radius 2 is 2.08 bits per heavy atom. The molecule has 8 heteroatoms. The number of para-hydroxylation sites is 2. The highest BCUT2D eigenvalue weighted by Gasteiger charge is 2.18. The second-order valence-corrected chi connectivity index (χ2v) is 6.61. The van der Waals surface area contributed by atoms with Gasteiger partial charge in [0.05, 0.1) is 21.5 Å². The molecule has 0 radical (unpaired) electrons. The zero-order valence-corrected chi connectivity index (χ0v) is 15.6. The van der Waals surface area contributed by atoms with E-state index in [9.17, 15) is 14.9 Å². The number of nitro benzene ring substituents is 1. The Hall–Kier alpha value is -2.49. The van der Waals surface area contributed by atoms with Crippen LogP contribution in [0.15, 0.2) is 42.5 Å². The SMILES string of the molecule is CCCn1c(NC(=O)c2cc([N+](=O)[O-])ccc2I)nc2ccccc21. The van der Waals surface area contributed by atoms with Gasteiger partial charge in [-0.1, -0.05) is 19.1 Å². The Morgan fingerprint density at radius 3 is 2.80 bits per heavy atom. The van der Waals surface area contributed by atoms with Gasteiger partial charge < -0.3 is 4.57 Å². The highest BCUT2D eigenvalue weighted by molar-refractivity contribution is 14.1. The molecule has 1 amide bonds. The molecule has 3 rings (SSSR count). The molecule has 128 valence electrons. The van der Waals surface area contributed by atoms with Crippen LogP contribution in [0.25, 0.3) is 11.0 Å². The van der Waals surface area contributed by atoms with Crippen molar-refractivity contribution in [3.63, 3.8) is 0 Å². The Balaban J connectivity index is 1.98. The lowest BCUT2D eigenvalue weighted by Crippen LogP contribution is -2.17. The molecule has 0 fully saturated rings. The summed E-state index contributed by atoms with van der Waals surface area (Å²) < 4.78 is 2.58. The van der Waals surface area contributed by atoms with Crippen LogP contribution < -0.4 is 5.32 Å². The fourth-order valence-electron chi connectivity index (χ4n) is 2.59. The molecule has 25 heavy (non-hydrogen) atoms. The first-order chi connectivity index (χ1) is 12.0. The Bertz CT molecular complexity index is 968. The molecule has 1 N–H and O–H groups in total.